The maximum Gasteiger partial charge on any atom is 0.332 e. The van der Waals surface area contributed by atoms with E-state index in [2.05, 4.69) is 5.32 Å². The van der Waals surface area contributed by atoms with Gasteiger partial charge in [-0.25, -0.2) is 4.79 Å². The van der Waals surface area contributed by atoms with Gasteiger partial charge in [-0.1, -0.05) is 12.1 Å². The lowest BCUT2D eigenvalue weighted by atomic mass is 10.1. The molecular weight excluding hydrogens is 388 g/mol. The molecule has 0 aliphatic carbocycles. The summed E-state index contributed by atoms with van der Waals surface area (Å²) in [5.74, 6) is -0.163. The Hall–Kier alpha value is -3.62. The quantitative estimate of drug-likeness (QED) is 0.662. The molecule has 2 heterocycles. The van der Waals surface area contributed by atoms with E-state index in [1.54, 1.807) is 38.1 Å². The molecule has 0 aliphatic heterocycles. The van der Waals surface area contributed by atoms with Crippen LogP contribution >= 0.6 is 0 Å². The molecule has 30 heavy (non-hydrogen) atoms. The van der Waals surface area contributed by atoms with Crippen LogP contribution in [0.5, 0.6) is 5.75 Å². The fourth-order valence-corrected chi connectivity index (χ4v) is 3.49. The van der Waals surface area contributed by atoms with Crippen LogP contribution in [0.3, 0.4) is 0 Å². The molecule has 1 amide bonds. The minimum absolute atomic E-state index is 0.0202. The predicted octanol–water partition coefficient (Wildman–Crippen LogP) is 1.55. The molecule has 0 radical (unpaired) electrons. The molecule has 158 valence electrons. The lowest BCUT2D eigenvalue weighted by Crippen LogP contribution is -2.42. The molecule has 3 aromatic rings. The minimum atomic E-state index is -0.633. The summed E-state index contributed by atoms with van der Waals surface area (Å²) in [6.45, 7) is 6.02. The standard InChI is InChI=1S/C21H24N4O5/c1-5-24-16(26)12-13(17-19(24)23(4)21(29)25(6-2)20(17)28)18(27)22-14-10-8-9-11-15(14)30-7-3/h8-12H,5-7H2,1-4H3,(H,22,27). The molecule has 0 saturated carbocycles. The van der Waals surface area contributed by atoms with Gasteiger partial charge in [-0.05, 0) is 32.9 Å². The van der Waals surface area contributed by atoms with Gasteiger partial charge in [0.05, 0.1) is 23.2 Å². The molecule has 0 saturated heterocycles. The third-order valence-electron chi connectivity index (χ3n) is 4.89. The number of benzene rings is 1. The van der Waals surface area contributed by atoms with Gasteiger partial charge in [-0.15, -0.1) is 0 Å². The van der Waals surface area contributed by atoms with Gasteiger partial charge in [0.1, 0.15) is 11.4 Å². The summed E-state index contributed by atoms with van der Waals surface area (Å²) in [6, 6.07) is 8.02. The number of anilines is 1. The predicted molar refractivity (Wildman–Crippen MR) is 115 cm³/mol. The second-order valence-corrected chi connectivity index (χ2v) is 6.61. The maximum atomic E-state index is 13.1. The molecule has 2 aromatic heterocycles. The fraction of sp³-hybridized carbons (Fsp3) is 0.333. The van der Waals surface area contributed by atoms with E-state index >= 15 is 0 Å². The summed E-state index contributed by atoms with van der Waals surface area (Å²) in [4.78, 5) is 51.5. The second-order valence-electron chi connectivity index (χ2n) is 6.61. The Bertz CT molecular complexity index is 1300. The normalized spacial score (nSPS) is 10.9. The zero-order chi connectivity index (χ0) is 22.0. The van der Waals surface area contributed by atoms with E-state index in [0.29, 0.717) is 18.0 Å². The van der Waals surface area contributed by atoms with Gasteiger partial charge in [0.15, 0.2) is 0 Å². The number of aryl methyl sites for hydroxylation is 2. The number of hydrogen-bond acceptors (Lipinski definition) is 5. The van der Waals surface area contributed by atoms with Crippen molar-refractivity contribution in [3.05, 3.63) is 67.1 Å². The average molecular weight is 412 g/mol. The largest absolute Gasteiger partial charge is 0.492 e. The van der Waals surface area contributed by atoms with E-state index in [0.717, 1.165) is 10.6 Å². The second kappa shape index (κ2) is 8.40. The highest BCUT2D eigenvalue weighted by Crippen LogP contribution is 2.25. The molecule has 1 aromatic carbocycles. The number of nitrogens with zero attached hydrogens (tertiary/aromatic N) is 3. The zero-order valence-corrected chi connectivity index (χ0v) is 17.4. The molecule has 3 rings (SSSR count). The van der Waals surface area contributed by atoms with Crippen molar-refractivity contribution in [1.29, 1.82) is 0 Å². The Morgan fingerprint density at radius 1 is 1.03 bits per heavy atom. The van der Waals surface area contributed by atoms with E-state index in [1.807, 2.05) is 6.92 Å². The number of hydrogen-bond donors (Lipinski definition) is 1. The molecule has 0 aliphatic rings. The van der Waals surface area contributed by atoms with E-state index < -0.39 is 22.7 Å². The molecule has 9 heteroatoms. The SMILES string of the molecule is CCOc1ccccc1NC(=O)c1cc(=O)n(CC)c2c1c(=O)n(CC)c(=O)n2C. The minimum Gasteiger partial charge on any atom is -0.492 e. The third-order valence-corrected chi connectivity index (χ3v) is 4.89. The third kappa shape index (κ3) is 3.42. The number of carbonyl (C=O) groups excluding carboxylic acids is 1. The number of fused-ring (bicyclic) bond motifs is 1. The highest BCUT2D eigenvalue weighted by atomic mass is 16.5. The number of rotatable bonds is 6. The van der Waals surface area contributed by atoms with Gasteiger partial charge >= 0.3 is 5.69 Å². The lowest BCUT2D eigenvalue weighted by Gasteiger charge is -2.17. The summed E-state index contributed by atoms with van der Waals surface area (Å²) in [5, 5.41) is 2.74. The van der Waals surface area contributed by atoms with Gasteiger partial charge in [-0.2, -0.15) is 0 Å². The Morgan fingerprint density at radius 2 is 1.70 bits per heavy atom. The van der Waals surface area contributed by atoms with Gasteiger partial charge in [0, 0.05) is 26.2 Å². The Labute approximate surface area is 172 Å². The fourth-order valence-electron chi connectivity index (χ4n) is 3.49. The summed E-state index contributed by atoms with van der Waals surface area (Å²) >= 11 is 0. The summed E-state index contributed by atoms with van der Waals surface area (Å²) in [6.07, 6.45) is 0. The Balaban J connectivity index is 2.31. The topological polar surface area (TPSA) is 104 Å². The van der Waals surface area contributed by atoms with Gasteiger partial charge < -0.3 is 10.1 Å². The van der Waals surface area contributed by atoms with E-state index in [-0.39, 0.29) is 29.7 Å². The number of aromatic nitrogens is 3. The van der Waals surface area contributed by atoms with Crippen molar-refractivity contribution in [1.82, 2.24) is 13.7 Å². The number of carbonyl (C=O) groups is 1. The molecule has 1 N–H and O–H groups in total. The summed E-state index contributed by atoms with van der Waals surface area (Å²) in [5.41, 5.74) is -1.19. The molecule has 9 nitrogen and oxygen atoms in total. The van der Waals surface area contributed by atoms with Gasteiger partial charge in [-0.3, -0.25) is 28.1 Å². The Kier molecular flexibility index (Phi) is 5.91. The summed E-state index contributed by atoms with van der Waals surface area (Å²) < 4.78 is 9.10. The van der Waals surface area contributed by atoms with Crippen LogP contribution < -0.4 is 26.9 Å². The smallest absolute Gasteiger partial charge is 0.332 e. The molecule has 0 fully saturated rings. The molecule has 0 unspecified atom stereocenters. The highest BCUT2D eigenvalue weighted by molar-refractivity contribution is 6.12. The molecule has 0 spiro atoms. The highest BCUT2D eigenvalue weighted by Gasteiger charge is 2.22. The summed E-state index contributed by atoms with van der Waals surface area (Å²) in [7, 11) is 1.48. The van der Waals surface area contributed by atoms with Crippen LogP contribution in [-0.4, -0.2) is 26.2 Å². The average Bonchev–Trinajstić information content (AvgIpc) is 2.73. The molecule has 0 atom stereocenters. The van der Waals surface area contributed by atoms with Crippen molar-refractivity contribution in [2.75, 3.05) is 11.9 Å². The van der Waals surface area contributed by atoms with Crippen LogP contribution in [0.15, 0.2) is 44.7 Å². The first-order chi connectivity index (χ1) is 14.3. The number of nitrogens with one attached hydrogen (secondary N) is 1. The van der Waals surface area contributed by atoms with E-state index in [9.17, 15) is 19.2 Å². The van der Waals surface area contributed by atoms with E-state index in [1.165, 1.54) is 16.2 Å². The van der Waals surface area contributed by atoms with Crippen LogP contribution in [0.25, 0.3) is 11.0 Å². The van der Waals surface area contributed by atoms with Crippen LogP contribution in [0, 0.1) is 0 Å². The van der Waals surface area contributed by atoms with E-state index in [4.69, 9.17) is 4.74 Å². The number of para-hydroxylation sites is 2. The van der Waals surface area contributed by atoms with Crippen LogP contribution in [0.1, 0.15) is 31.1 Å². The van der Waals surface area contributed by atoms with Crippen molar-refractivity contribution < 1.29 is 9.53 Å². The number of pyridine rings is 1. The van der Waals surface area contributed by atoms with Crippen molar-refractivity contribution in [3.63, 3.8) is 0 Å². The molecular formula is C21H24N4O5. The zero-order valence-electron chi connectivity index (χ0n) is 17.4. The maximum absolute atomic E-state index is 13.1. The monoisotopic (exact) mass is 412 g/mol. The number of amides is 1. The van der Waals surface area contributed by atoms with Crippen molar-refractivity contribution in [2.45, 2.75) is 33.9 Å². The van der Waals surface area contributed by atoms with Gasteiger partial charge in [0.25, 0.3) is 17.0 Å². The van der Waals surface area contributed by atoms with Gasteiger partial charge in [0.2, 0.25) is 0 Å². The van der Waals surface area contributed by atoms with Crippen LogP contribution in [-0.2, 0) is 20.1 Å². The van der Waals surface area contributed by atoms with Crippen molar-refractivity contribution in [3.8, 4) is 5.75 Å². The molecule has 0 bridgehead atoms. The van der Waals surface area contributed by atoms with Crippen LogP contribution in [0.2, 0.25) is 0 Å². The van der Waals surface area contributed by atoms with Crippen molar-refractivity contribution >= 4 is 22.6 Å². The first-order valence-corrected chi connectivity index (χ1v) is 9.76. The lowest BCUT2D eigenvalue weighted by molar-refractivity contribution is 0.102. The van der Waals surface area contributed by atoms with Crippen LogP contribution in [0.4, 0.5) is 5.69 Å². The Morgan fingerprint density at radius 3 is 2.33 bits per heavy atom. The first-order valence-electron chi connectivity index (χ1n) is 9.76. The first kappa shape index (κ1) is 21.1. The number of ether oxygens (including phenoxy) is 1. The van der Waals surface area contributed by atoms with Crippen molar-refractivity contribution in [2.24, 2.45) is 7.05 Å².